The van der Waals surface area contributed by atoms with Gasteiger partial charge in [0.15, 0.2) is 0 Å². The number of carbonyl (C=O) groups excluding carboxylic acids is 1. The van der Waals surface area contributed by atoms with Crippen LogP contribution < -0.4 is 5.32 Å². The van der Waals surface area contributed by atoms with Crippen LogP contribution in [0.25, 0.3) is 0 Å². The lowest BCUT2D eigenvalue weighted by Crippen LogP contribution is -2.51. The third-order valence-electron chi connectivity index (χ3n) is 4.99. The number of hydrogen-bond donors (Lipinski definition) is 1. The lowest BCUT2D eigenvalue weighted by Gasteiger charge is -2.38. The van der Waals surface area contributed by atoms with Crippen molar-refractivity contribution in [3.05, 3.63) is 30.1 Å². The standard InChI is InChI=1S/C18H28N4O3/c1-24-9-7-21-8-10-25-17-14-22(6-4-16(17)13-21)18(23)20-12-15-3-2-5-19-11-15/h2-3,5,11,16-17H,4,6-10,12-14H2,1H3,(H,20,23)/t16-,17-/m1/s1. The molecule has 7 nitrogen and oxygen atoms in total. The second-order valence-electron chi connectivity index (χ2n) is 6.72. The van der Waals surface area contributed by atoms with Gasteiger partial charge in [-0.05, 0) is 18.1 Å². The lowest BCUT2D eigenvalue weighted by molar-refractivity contribution is -0.0111. The molecule has 25 heavy (non-hydrogen) atoms. The highest BCUT2D eigenvalue weighted by Crippen LogP contribution is 2.24. The summed E-state index contributed by atoms with van der Waals surface area (Å²) < 4.78 is 11.2. The Morgan fingerprint density at radius 2 is 2.36 bits per heavy atom. The molecule has 2 aliphatic rings. The van der Waals surface area contributed by atoms with Gasteiger partial charge in [-0.15, -0.1) is 0 Å². The van der Waals surface area contributed by atoms with E-state index >= 15 is 0 Å². The van der Waals surface area contributed by atoms with Crippen LogP contribution in [0.2, 0.25) is 0 Å². The van der Waals surface area contributed by atoms with Gasteiger partial charge in [0.25, 0.3) is 0 Å². The number of likely N-dealkylation sites (tertiary alicyclic amines) is 1. The summed E-state index contributed by atoms with van der Waals surface area (Å²) in [6.07, 6.45) is 4.62. The van der Waals surface area contributed by atoms with Gasteiger partial charge in [-0.3, -0.25) is 9.88 Å². The fourth-order valence-electron chi connectivity index (χ4n) is 3.52. The summed E-state index contributed by atoms with van der Waals surface area (Å²) >= 11 is 0. The maximum atomic E-state index is 12.4. The summed E-state index contributed by atoms with van der Waals surface area (Å²) in [4.78, 5) is 20.8. The molecule has 0 unspecified atom stereocenters. The Morgan fingerprint density at radius 3 is 3.16 bits per heavy atom. The lowest BCUT2D eigenvalue weighted by atomic mass is 9.93. The highest BCUT2D eigenvalue weighted by Gasteiger charge is 2.34. The first kappa shape index (κ1) is 18.1. The number of pyridine rings is 1. The van der Waals surface area contributed by atoms with Gasteiger partial charge in [-0.25, -0.2) is 4.79 Å². The first-order valence-corrected chi connectivity index (χ1v) is 9.01. The molecule has 2 amide bonds. The first-order valence-electron chi connectivity index (χ1n) is 9.01. The molecule has 0 bridgehead atoms. The molecule has 2 aliphatic heterocycles. The van der Waals surface area contributed by atoms with Crippen LogP contribution in [0.5, 0.6) is 0 Å². The summed E-state index contributed by atoms with van der Waals surface area (Å²) in [5.41, 5.74) is 1.00. The van der Waals surface area contributed by atoms with Crippen molar-refractivity contribution in [1.29, 1.82) is 0 Å². The molecular formula is C18H28N4O3. The van der Waals surface area contributed by atoms with Crippen LogP contribution in [0.1, 0.15) is 12.0 Å². The highest BCUT2D eigenvalue weighted by molar-refractivity contribution is 5.74. The number of carbonyl (C=O) groups is 1. The van der Waals surface area contributed by atoms with Crippen molar-refractivity contribution in [3.8, 4) is 0 Å². The summed E-state index contributed by atoms with van der Waals surface area (Å²) in [6, 6.07) is 3.82. The van der Waals surface area contributed by atoms with Crippen LogP contribution in [-0.4, -0.2) is 80.0 Å². The van der Waals surface area contributed by atoms with Gasteiger partial charge in [-0.1, -0.05) is 6.07 Å². The highest BCUT2D eigenvalue weighted by atomic mass is 16.5. The van der Waals surface area contributed by atoms with E-state index < -0.39 is 0 Å². The molecule has 1 aromatic heterocycles. The zero-order valence-electron chi connectivity index (χ0n) is 14.9. The minimum Gasteiger partial charge on any atom is -0.383 e. The monoisotopic (exact) mass is 348 g/mol. The van der Waals surface area contributed by atoms with Gasteiger partial charge in [-0.2, -0.15) is 0 Å². The predicted octanol–water partition coefficient (Wildman–Crippen LogP) is 0.960. The van der Waals surface area contributed by atoms with Crippen molar-refractivity contribution in [3.63, 3.8) is 0 Å². The van der Waals surface area contributed by atoms with Gasteiger partial charge in [0.1, 0.15) is 0 Å². The second-order valence-corrected chi connectivity index (χ2v) is 6.72. The van der Waals surface area contributed by atoms with Crippen molar-refractivity contribution in [2.24, 2.45) is 5.92 Å². The van der Waals surface area contributed by atoms with E-state index in [1.807, 2.05) is 17.0 Å². The van der Waals surface area contributed by atoms with Crippen LogP contribution in [0, 0.1) is 5.92 Å². The Morgan fingerprint density at radius 1 is 1.44 bits per heavy atom. The van der Waals surface area contributed by atoms with Crippen LogP contribution >= 0.6 is 0 Å². The number of piperidine rings is 1. The Labute approximate surface area is 149 Å². The molecule has 0 spiro atoms. The minimum atomic E-state index is -0.0219. The SMILES string of the molecule is COCCN1CCO[C@@H]2CN(C(=O)NCc3cccnc3)CC[C@@H]2C1. The first-order chi connectivity index (χ1) is 12.3. The van der Waals surface area contributed by atoms with Crippen molar-refractivity contribution in [1.82, 2.24) is 20.1 Å². The molecular weight excluding hydrogens is 320 g/mol. The molecule has 0 aliphatic carbocycles. The molecule has 3 rings (SSSR count). The van der Waals surface area contributed by atoms with Crippen molar-refractivity contribution < 1.29 is 14.3 Å². The average molecular weight is 348 g/mol. The maximum absolute atomic E-state index is 12.4. The van der Waals surface area contributed by atoms with Gasteiger partial charge >= 0.3 is 6.03 Å². The molecule has 7 heteroatoms. The van der Waals surface area contributed by atoms with Gasteiger partial charge in [0, 0.05) is 64.7 Å². The number of aromatic nitrogens is 1. The van der Waals surface area contributed by atoms with Crippen LogP contribution in [0.4, 0.5) is 4.79 Å². The molecule has 0 radical (unpaired) electrons. The molecule has 0 saturated carbocycles. The molecule has 2 atom stereocenters. The van der Waals surface area contributed by atoms with Crippen molar-refractivity contribution in [2.75, 3.05) is 53.0 Å². The van der Waals surface area contributed by atoms with Gasteiger partial charge in [0.05, 0.1) is 19.3 Å². The van der Waals surface area contributed by atoms with E-state index in [1.54, 1.807) is 19.5 Å². The van der Waals surface area contributed by atoms with E-state index in [1.165, 1.54) is 0 Å². The Hall–Kier alpha value is -1.70. The van der Waals surface area contributed by atoms with E-state index in [4.69, 9.17) is 9.47 Å². The third-order valence-corrected chi connectivity index (χ3v) is 4.99. The number of rotatable bonds is 5. The molecule has 2 fully saturated rings. The normalized spacial score (nSPS) is 24.4. The summed E-state index contributed by atoms with van der Waals surface area (Å²) in [7, 11) is 1.74. The Bertz CT molecular complexity index is 542. The molecule has 138 valence electrons. The smallest absolute Gasteiger partial charge is 0.317 e. The fourth-order valence-corrected chi connectivity index (χ4v) is 3.52. The fraction of sp³-hybridized carbons (Fsp3) is 0.667. The second kappa shape index (κ2) is 9.12. The Kier molecular flexibility index (Phi) is 6.61. The van der Waals surface area contributed by atoms with Crippen LogP contribution in [-0.2, 0) is 16.0 Å². The number of ether oxygens (including phenoxy) is 2. The zero-order valence-corrected chi connectivity index (χ0v) is 14.9. The van der Waals surface area contributed by atoms with Gasteiger partial charge in [0.2, 0.25) is 0 Å². The topological polar surface area (TPSA) is 66.9 Å². The Balaban J connectivity index is 1.48. The third kappa shape index (κ3) is 5.14. The van der Waals surface area contributed by atoms with E-state index in [-0.39, 0.29) is 12.1 Å². The number of nitrogens with zero attached hydrogens (tertiary/aromatic N) is 3. The summed E-state index contributed by atoms with van der Waals surface area (Å²) in [5, 5.41) is 2.98. The van der Waals surface area contributed by atoms with E-state index in [2.05, 4.69) is 15.2 Å². The van der Waals surface area contributed by atoms with Crippen LogP contribution in [0.15, 0.2) is 24.5 Å². The number of hydrogen-bond acceptors (Lipinski definition) is 5. The average Bonchev–Trinajstić information content (AvgIpc) is 2.86. The zero-order chi connectivity index (χ0) is 17.5. The maximum Gasteiger partial charge on any atom is 0.317 e. The molecule has 2 saturated heterocycles. The molecule has 1 aromatic rings. The quantitative estimate of drug-likeness (QED) is 0.859. The molecule has 1 N–H and O–H groups in total. The number of fused-ring (bicyclic) bond motifs is 1. The molecule has 3 heterocycles. The largest absolute Gasteiger partial charge is 0.383 e. The number of amides is 2. The van der Waals surface area contributed by atoms with Crippen molar-refractivity contribution >= 4 is 6.03 Å². The number of nitrogens with one attached hydrogen (secondary N) is 1. The minimum absolute atomic E-state index is 0.0219. The predicted molar refractivity (Wildman–Crippen MR) is 94.2 cm³/mol. The summed E-state index contributed by atoms with van der Waals surface area (Å²) in [5.74, 6) is 0.488. The van der Waals surface area contributed by atoms with E-state index in [0.717, 1.165) is 51.4 Å². The molecule has 0 aromatic carbocycles. The summed E-state index contributed by atoms with van der Waals surface area (Å²) in [6.45, 7) is 6.32. The van der Waals surface area contributed by atoms with Crippen molar-refractivity contribution in [2.45, 2.75) is 19.1 Å². The van der Waals surface area contributed by atoms with Gasteiger partial charge < -0.3 is 19.7 Å². The van der Waals surface area contributed by atoms with E-state index in [9.17, 15) is 4.79 Å². The number of urea groups is 1. The van der Waals surface area contributed by atoms with E-state index in [0.29, 0.717) is 19.0 Å². The van der Waals surface area contributed by atoms with Crippen LogP contribution in [0.3, 0.4) is 0 Å². The number of methoxy groups -OCH3 is 1.